The molecule has 0 aliphatic heterocycles. The van der Waals surface area contributed by atoms with Crippen molar-refractivity contribution in [2.75, 3.05) is 11.9 Å². The second-order valence-electron chi connectivity index (χ2n) is 4.73. The van der Waals surface area contributed by atoms with Crippen LogP contribution in [-0.4, -0.2) is 17.5 Å². The number of fused-ring (bicyclic) bond motifs is 1. The molecule has 5 heteroatoms. The first-order valence-corrected chi connectivity index (χ1v) is 6.32. The van der Waals surface area contributed by atoms with Gasteiger partial charge in [-0.15, -0.1) is 0 Å². The molecule has 2 rings (SSSR count). The molecule has 2 aromatic rings. The van der Waals surface area contributed by atoms with Gasteiger partial charge >= 0.3 is 0 Å². The molecule has 19 heavy (non-hydrogen) atoms. The second-order valence-corrected chi connectivity index (χ2v) is 4.73. The van der Waals surface area contributed by atoms with E-state index in [1.54, 1.807) is 6.20 Å². The van der Waals surface area contributed by atoms with Gasteiger partial charge in [-0.1, -0.05) is 19.9 Å². The van der Waals surface area contributed by atoms with Crippen LogP contribution >= 0.6 is 0 Å². The first-order chi connectivity index (χ1) is 9.20. The van der Waals surface area contributed by atoms with Crippen LogP contribution in [0.15, 0.2) is 41.5 Å². The average Bonchev–Trinajstić information content (AvgIpc) is 2.43. The maximum Gasteiger partial charge on any atom is 0.210 e. The third-order valence-corrected chi connectivity index (χ3v) is 2.65. The lowest BCUT2D eigenvalue weighted by molar-refractivity contribution is 0.663. The van der Waals surface area contributed by atoms with Gasteiger partial charge in [0.2, 0.25) is 5.96 Å². The lowest BCUT2D eigenvalue weighted by Crippen LogP contribution is -2.36. The van der Waals surface area contributed by atoms with E-state index in [4.69, 9.17) is 5.84 Å². The van der Waals surface area contributed by atoms with Crippen LogP contribution in [0.4, 0.5) is 5.69 Å². The van der Waals surface area contributed by atoms with Crippen molar-refractivity contribution in [3.05, 3.63) is 36.5 Å². The number of anilines is 1. The normalized spacial score (nSPS) is 11.9. The van der Waals surface area contributed by atoms with Crippen molar-refractivity contribution < 1.29 is 0 Å². The summed E-state index contributed by atoms with van der Waals surface area (Å²) in [6.07, 6.45) is 1.78. The van der Waals surface area contributed by atoms with Gasteiger partial charge in [-0.2, -0.15) is 0 Å². The summed E-state index contributed by atoms with van der Waals surface area (Å²) in [4.78, 5) is 8.71. The van der Waals surface area contributed by atoms with Gasteiger partial charge in [0, 0.05) is 18.1 Å². The summed E-state index contributed by atoms with van der Waals surface area (Å²) in [5.41, 5.74) is 4.46. The first-order valence-electron chi connectivity index (χ1n) is 6.32. The Bertz CT molecular complexity index is 572. The highest BCUT2D eigenvalue weighted by Gasteiger charge is 2.03. The van der Waals surface area contributed by atoms with Gasteiger partial charge in [-0.25, -0.2) is 5.84 Å². The SMILES string of the molecule is CC(C)CN=C(NN)Nc1cccc2ncccc12. The highest BCUT2D eigenvalue weighted by molar-refractivity contribution is 6.02. The molecule has 0 aliphatic carbocycles. The Balaban J connectivity index is 2.27. The lowest BCUT2D eigenvalue weighted by Gasteiger charge is -2.12. The fourth-order valence-corrected chi connectivity index (χ4v) is 1.74. The van der Waals surface area contributed by atoms with Gasteiger partial charge in [0.15, 0.2) is 0 Å². The molecule has 0 amide bonds. The van der Waals surface area contributed by atoms with Gasteiger partial charge in [0.1, 0.15) is 0 Å². The van der Waals surface area contributed by atoms with E-state index in [-0.39, 0.29) is 0 Å². The zero-order valence-electron chi connectivity index (χ0n) is 11.2. The van der Waals surface area contributed by atoms with Crippen molar-refractivity contribution in [3.63, 3.8) is 0 Å². The predicted octanol–water partition coefficient (Wildman–Crippen LogP) is 2.12. The van der Waals surface area contributed by atoms with E-state index in [0.29, 0.717) is 11.9 Å². The summed E-state index contributed by atoms with van der Waals surface area (Å²) >= 11 is 0. The predicted molar refractivity (Wildman–Crippen MR) is 79.8 cm³/mol. The van der Waals surface area contributed by atoms with Crippen molar-refractivity contribution in [2.24, 2.45) is 16.8 Å². The van der Waals surface area contributed by atoms with Crippen molar-refractivity contribution in [1.82, 2.24) is 10.4 Å². The number of nitrogens with two attached hydrogens (primary N) is 1. The van der Waals surface area contributed by atoms with Crippen molar-refractivity contribution in [2.45, 2.75) is 13.8 Å². The van der Waals surface area contributed by atoms with Gasteiger partial charge in [0.05, 0.1) is 11.2 Å². The molecule has 0 saturated carbocycles. The Hall–Kier alpha value is -2.14. The van der Waals surface area contributed by atoms with E-state index in [2.05, 4.69) is 34.6 Å². The van der Waals surface area contributed by atoms with Crippen LogP contribution in [0, 0.1) is 5.92 Å². The van der Waals surface area contributed by atoms with Gasteiger partial charge in [-0.3, -0.25) is 15.4 Å². The molecule has 0 bridgehead atoms. The quantitative estimate of drug-likeness (QED) is 0.341. The zero-order valence-corrected chi connectivity index (χ0v) is 11.2. The van der Waals surface area contributed by atoms with Crippen molar-refractivity contribution in [3.8, 4) is 0 Å². The number of pyridine rings is 1. The molecule has 100 valence electrons. The van der Waals surface area contributed by atoms with E-state index in [0.717, 1.165) is 23.1 Å². The third-order valence-electron chi connectivity index (χ3n) is 2.65. The fraction of sp³-hybridized carbons (Fsp3) is 0.286. The van der Waals surface area contributed by atoms with Gasteiger partial charge < -0.3 is 5.32 Å². The lowest BCUT2D eigenvalue weighted by atomic mass is 10.2. The molecular weight excluding hydrogens is 238 g/mol. The molecule has 0 saturated heterocycles. The zero-order chi connectivity index (χ0) is 13.7. The number of benzene rings is 1. The van der Waals surface area contributed by atoms with E-state index in [9.17, 15) is 0 Å². The Morgan fingerprint density at radius 1 is 1.32 bits per heavy atom. The molecular formula is C14H19N5. The molecule has 5 nitrogen and oxygen atoms in total. The van der Waals surface area contributed by atoms with Crippen LogP contribution in [0.5, 0.6) is 0 Å². The maximum atomic E-state index is 5.49. The number of hydrogen-bond donors (Lipinski definition) is 3. The van der Waals surface area contributed by atoms with E-state index < -0.39 is 0 Å². The van der Waals surface area contributed by atoms with Crippen LogP contribution in [0.3, 0.4) is 0 Å². The molecule has 0 atom stereocenters. The van der Waals surface area contributed by atoms with Crippen LogP contribution in [0.2, 0.25) is 0 Å². The Kier molecular flexibility index (Phi) is 4.30. The number of hydrazine groups is 1. The topological polar surface area (TPSA) is 75.3 Å². The van der Waals surface area contributed by atoms with E-state index >= 15 is 0 Å². The molecule has 0 spiro atoms. The number of hydrogen-bond acceptors (Lipinski definition) is 3. The fourth-order valence-electron chi connectivity index (χ4n) is 1.74. The number of guanidine groups is 1. The van der Waals surface area contributed by atoms with Crippen LogP contribution in [-0.2, 0) is 0 Å². The Morgan fingerprint density at radius 3 is 2.89 bits per heavy atom. The maximum absolute atomic E-state index is 5.49. The largest absolute Gasteiger partial charge is 0.325 e. The monoisotopic (exact) mass is 257 g/mol. The number of aromatic nitrogens is 1. The highest BCUT2D eigenvalue weighted by Crippen LogP contribution is 2.20. The molecule has 4 N–H and O–H groups in total. The smallest absolute Gasteiger partial charge is 0.210 e. The molecule has 1 heterocycles. The number of rotatable bonds is 3. The molecule has 1 aromatic heterocycles. The summed E-state index contributed by atoms with van der Waals surface area (Å²) < 4.78 is 0. The van der Waals surface area contributed by atoms with Gasteiger partial charge in [-0.05, 0) is 30.2 Å². The number of nitrogens with one attached hydrogen (secondary N) is 2. The molecule has 0 aliphatic rings. The first kappa shape index (κ1) is 13.3. The molecule has 0 radical (unpaired) electrons. The van der Waals surface area contributed by atoms with Crippen LogP contribution in [0.1, 0.15) is 13.8 Å². The Morgan fingerprint density at radius 2 is 2.16 bits per heavy atom. The standard InChI is InChI=1S/C14H19N5/c1-10(2)9-17-14(19-15)18-13-7-3-6-12-11(13)5-4-8-16-12/h3-8,10H,9,15H2,1-2H3,(H2,17,18,19). The highest BCUT2D eigenvalue weighted by atomic mass is 15.3. The summed E-state index contributed by atoms with van der Waals surface area (Å²) in [6.45, 7) is 4.94. The summed E-state index contributed by atoms with van der Waals surface area (Å²) in [5, 5.41) is 4.24. The van der Waals surface area contributed by atoms with E-state index in [1.807, 2.05) is 30.3 Å². The van der Waals surface area contributed by atoms with Crippen molar-refractivity contribution in [1.29, 1.82) is 0 Å². The summed E-state index contributed by atoms with van der Waals surface area (Å²) in [5.74, 6) is 6.54. The summed E-state index contributed by atoms with van der Waals surface area (Å²) in [7, 11) is 0. The molecule has 1 aromatic carbocycles. The third kappa shape index (κ3) is 3.42. The molecule has 0 fully saturated rings. The van der Waals surface area contributed by atoms with E-state index in [1.165, 1.54) is 0 Å². The van der Waals surface area contributed by atoms with Crippen LogP contribution < -0.4 is 16.6 Å². The minimum absolute atomic E-state index is 0.485. The second kappa shape index (κ2) is 6.15. The Labute approximate surface area is 112 Å². The average molecular weight is 257 g/mol. The van der Waals surface area contributed by atoms with Gasteiger partial charge in [0.25, 0.3) is 0 Å². The molecule has 0 unspecified atom stereocenters. The number of aliphatic imine (C=N–C) groups is 1. The minimum Gasteiger partial charge on any atom is -0.325 e. The minimum atomic E-state index is 0.485. The number of nitrogens with zero attached hydrogens (tertiary/aromatic N) is 2. The van der Waals surface area contributed by atoms with Crippen LogP contribution in [0.25, 0.3) is 10.9 Å². The summed E-state index contributed by atoms with van der Waals surface area (Å²) in [6, 6.07) is 9.83. The van der Waals surface area contributed by atoms with Crippen molar-refractivity contribution >= 4 is 22.5 Å².